The Bertz CT molecular complexity index is 437. The molecule has 0 heterocycles. The minimum absolute atomic E-state index is 0.271. The number of anilines is 1. The molecule has 0 fully saturated rings. The number of amides is 3. The highest BCUT2D eigenvalue weighted by Gasteiger charge is 2.11. The molecule has 17 heavy (non-hydrogen) atoms. The molecule has 1 aromatic carbocycles. The van der Waals surface area contributed by atoms with Gasteiger partial charge in [0.2, 0.25) is 6.41 Å². The molecule has 7 heteroatoms. The molecule has 0 atom stereocenters. The third kappa shape index (κ3) is 3.25. The normalized spacial score (nSPS) is 9.35. The molecule has 0 bridgehead atoms. The number of nitrogens with one attached hydrogen (secondary N) is 2. The minimum atomic E-state index is -0.681. The second-order valence-corrected chi connectivity index (χ2v) is 3.31. The van der Waals surface area contributed by atoms with Crippen LogP contribution in [0, 0.1) is 0 Å². The fraction of sp³-hybridized carbons (Fsp3) is 0.200. The van der Waals surface area contributed by atoms with E-state index in [9.17, 15) is 9.59 Å². The Morgan fingerprint density at radius 1 is 1.29 bits per heavy atom. The summed E-state index contributed by atoms with van der Waals surface area (Å²) in [6.45, 7) is 0. The second-order valence-electron chi connectivity index (χ2n) is 2.90. The number of benzene rings is 1. The third-order valence-electron chi connectivity index (χ3n) is 1.91. The summed E-state index contributed by atoms with van der Waals surface area (Å²) in [6, 6.07) is 2.31. The lowest BCUT2D eigenvalue weighted by Gasteiger charge is -2.12. The Hall–Kier alpha value is -1.95. The second kappa shape index (κ2) is 5.95. The number of halogens is 1. The van der Waals surface area contributed by atoms with E-state index < -0.39 is 6.03 Å². The van der Waals surface area contributed by atoms with E-state index in [1.807, 2.05) is 5.32 Å². The third-order valence-corrected chi connectivity index (χ3v) is 2.21. The first kappa shape index (κ1) is 13.1. The highest BCUT2D eigenvalue weighted by Crippen LogP contribution is 2.35. The van der Waals surface area contributed by atoms with Crippen LogP contribution in [0.5, 0.6) is 11.5 Å². The summed E-state index contributed by atoms with van der Waals surface area (Å²) < 4.78 is 10.1. The monoisotopic (exact) mass is 258 g/mol. The van der Waals surface area contributed by atoms with Crippen LogP contribution in [0.25, 0.3) is 0 Å². The van der Waals surface area contributed by atoms with Crippen LogP contribution in [0.2, 0.25) is 5.02 Å². The minimum Gasteiger partial charge on any atom is -0.495 e. The van der Waals surface area contributed by atoms with Gasteiger partial charge in [-0.15, -0.1) is 0 Å². The van der Waals surface area contributed by atoms with Crippen LogP contribution in [0.4, 0.5) is 10.5 Å². The Morgan fingerprint density at radius 3 is 2.47 bits per heavy atom. The van der Waals surface area contributed by atoms with Crippen molar-refractivity contribution in [3.8, 4) is 11.5 Å². The van der Waals surface area contributed by atoms with Crippen LogP contribution in [0.3, 0.4) is 0 Å². The van der Waals surface area contributed by atoms with E-state index in [1.165, 1.54) is 26.4 Å². The van der Waals surface area contributed by atoms with E-state index in [2.05, 4.69) is 5.32 Å². The molecule has 0 aliphatic rings. The molecule has 0 aliphatic carbocycles. The maximum absolute atomic E-state index is 11.2. The number of hydrogen-bond acceptors (Lipinski definition) is 4. The van der Waals surface area contributed by atoms with Crippen molar-refractivity contribution >= 4 is 29.7 Å². The first-order valence-corrected chi connectivity index (χ1v) is 4.92. The molecule has 0 saturated carbocycles. The van der Waals surface area contributed by atoms with Gasteiger partial charge in [0.1, 0.15) is 11.5 Å². The van der Waals surface area contributed by atoms with Crippen molar-refractivity contribution in [1.82, 2.24) is 5.32 Å². The number of urea groups is 1. The zero-order valence-electron chi connectivity index (χ0n) is 9.24. The molecule has 1 aromatic rings. The van der Waals surface area contributed by atoms with Crippen molar-refractivity contribution in [1.29, 1.82) is 0 Å². The van der Waals surface area contributed by atoms with Crippen molar-refractivity contribution in [3.63, 3.8) is 0 Å². The van der Waals surface area contributed by atoms with Gasteiger partial charge in [0, 0.05) is 6.07 Å². The Kier molecular flexibility index (Phi) is 4.59. The van der Waals surface area contributed by atoms with Gasteiger partial charge in [0.25, 0.3) is 0 Å². The van der Waals surface area contributed by atoms with Crippen LogP contribution in [-0.4, -0.2) is 26.7 Å². The van der Waals surface area contributed by atoms with Gasteiger partial charge in [0.05, 0.1) is 24.9 Å². The highest BCUT2D eigenvalue weighted by atomic mass is 35.5. The van der Waals surface area contributed by atoms with E-state index in [1.54, 1.807) is 0 Å². The number of rotatable bonds is 4. The molecule has 0 unspecified atom stereocenters. The molecule has 0 aromatic heterocycles. The summed E-state index contributed by atoms with van der Waals surface area (Å²) in [5.41, 5.74) is 0.331. The molecule has 3 amide bonds. The van der Waals surface area contributed by atoms with E-state index in [0.29, 0.717) is 22.2 Å². The first-order valence-electron chi connectivity index (χ1n) is 4.55. The van der Waals surface area contributed by atoms with E-state index >= 15 is 0 Å². The van der Waals surface area contributed by atoms with Crippen LogP contribution < -0.4 is 20.1 Å². The lowest BCUT2D eigenvalue weighted by molar-refractivity contribution is -0.108. The average Bonchev–Trinajstić information content (AvgIpc) is 2.29. The maximum Gasteiger partial charge on any atom is 0.325 e. The number of methoxy groups -OCH3 is 2. The summed E-state index contributed by atoms with van der Waals surface area (Å²) in [7, 11) is 2.90. The number of ether oxygens (including phenoxy) is 2. The summed E-state index contributed by atoms with van der Waals surface area (Å²) in [6.07, 6.45) is 0.271. The number of imide groups is 1. The zero-order valence-corrected chi connectivity index (χ0v) is 10.00. The Balaban J connectivity index is 3.02. The van der Waals surface area contributed by atoms with Gasteiger partial charge in [-0.1, -0.05) is 11.6 Å². The maximum atomic E-state index is 11.2. The summed E-state index contributed by atoms with van der Waals surface area (Å²) >= 11 is 5.90. The fourth-order valence-corrected chi connectivity index (χ4v) is 1.41. The summed E-state index contributed by atoms with van der Waals surface area (Å²) in [5.74, 6) is 0.789. The van der Waals surface area contributed by atoms with Crippen molar-refractivity contribution in [2.24, 2.45) is 0 Å². The smallest absolute Gasteiger partial charge is 0.325 e. The molecule has 0 spiro atoms. The van der Waals surface area contributed by atoms with Crippen molar-refractivity contribution in [2.75, 3.05) is 19.5 Å². The van der Waals surface area contributed by atoms with Crippen molar-refractivity contribution in [2.45, 2.75) is 0 Å². The highest BCUT2D eigenvalue weighted by molar-refractivity contribution is 6.32. The molecule has 0 radical (unpaired) electrons. The molecule has 92 valence electrons. The standard InChI is InChI=1S/C10H11ClN2O4/c1-16-8-4-9(17-2)7(3-6(8)11)13-10(15)12-5-14/h3-5H,1-2H3,(H2,12,13,14,15). The number of hydrogen-bond donors (Lipinski definition) is 2. The van der Waals surface area contributed by atoms with E-state index in [4.69, 9.17) is 21.1 Å². The topological polar surface area (TPSA) is 76.7 Å². The van der Waals surface area contributed by atoms with Gasteiger partial charge >= 0.3 is 6.03 Å². The van der Waals surface area contributed by atoms with Crippen LogP contribution >= 0.6 is 11.6 Å². The summed E-state index contributed by atoms with van der Waals surface area (Å²) in [4.78, 5) is 21.2. The van der Waals surface area contributed by atoms with Crippen LogP contribution in [0.15, 0.2) is 12.1 Å². The van der Waals surface area contributed by atoms with E-state index in [0.717, 1.165) is 0 Å². The lowest BCUT2D eigenvalue weighted by atomic mass is 10.2. The number of carbonyl (C=O) groups is 2. The largest absolute Gasteiger partial charge is 0.495 e. The SMILES string of the molecule is COc1cc(OC)c(NC(=O)NC=O)cc1Cl. The number of carbonyl (C=O) groups excluding carboxylic acids is 2. The predicted octanol–water partition coefficient (Wildman–Crippen LogP) is 1.64. The molecule has 2 N–H and O–H groups in total. The van der Waals surface area contributed by atoms with Gasteiger partial charge in [-0.3, -0.25) is 10.1 Å². The van der Waals surface area contributed by atoms with Crippen LogP contribution in [0.1, 0.15) is 0 Å². The lowest BCUT2D eigenvalue weighted by Crippen LogP contribution is -2.27. The van der Waals surface area contributed by atoms with Gasteiger partial charge < -0.3 is 14.8 Å². The molecule has 6 nitrogen and oxygen atoms in total. The quantitative estimate of drug-likeness (QED) is 0.805. The first-order chi connectivity index (χ1) is 8.12. The van der Waals surface area contributed by atoms with Crippen molar-refractivity contribution < 1.29 is 19.1 Å². The molecule has 0 aliphatic heterocycles. The zero-order chi connectivity index (χ0) is 12.8. The van der Waals surface area contributed by atoms with Gasteiger partial charge in [-0.2, -0.15) is 0 Å². The van der Waals surface area contributed by atoms with Gasteiger partial charge in [-0.25, -0.2) is 4.79 Å². The predicted molar refractivity (Wildman–Crippen MR) is 62.8 cm³/mol. The Morgan fingerprint density at radius 2 is 1.94 bits per heavy atom. The Labute approximate surface area is 103 Å². The average molecular weight is 259 g/mol. The fourth-order valence-electron chi connectivity index (χ4n) is 1.17. The van der Waals surface area contributed by atoms with Crippen molar-refractivity contribution in [3.05, 3.63) is 17.2 Å². The van der Waals surface area contributed by atoms with Gasteiger partial charge in [-0.05, 0) is 6.07 Å². The molecular formula is C10H11ClN2O4. The van der Waals surface area contributed by atoms with Gasteiger partial charge in [0.15, 0.2) is 0 Å². The molecule has 0 saturated heterocycles. The van der Waals surface area contributed by atoms with Crippen LogP contribution in [-0.2, 0) is 4.79 Å². The summed E-state index contributed by atoms with van der Waals surface area (Å²) in [5, 5.41) is 4.66. The molecular weight excluding hydrogens is 248 g/mol. The van der Waals surface area contributed by atoms with E-state index in [-0.39, 0.29) is 6.41 Å². The molecule has 1 rings (SSSR count).